The van der Waals surface area contributed by atoms with Crippen LogP contribution in [0.15, 0.2) is 60.7 Å². The molecule has 0 aliphatic carbocycles. The van der Waals surface area contributed by atoms with Crippen molar-refractivity contribution in [2.24, 2.45) is 0 Å². The van der Waals surface area contributed by atoms with E-state index in [0.29, 0.717) is 11.3 Å². The summed E-state index contributed by atoms with van der Waals surface area (Å²) in [4.78, 5) is 23.4. The van der Waals surface area contributed by atoms with Crippen LogP contribution in [0.25, 0.3) is 5.70 Å². The number of rotatable bonds is 4. The summed E-state index contributed by atoms with van der Waals surface area (Å²) in [6.07, 6.45) is 1.34. The minimum absolute atomic E-state index is 0.267. The van der Waals surface area contributed by atoms with E-state index < -0.39 is 5.82 Å². The number of allylic oxidation sites excluding steroid dienone is 1. The van der Waals surface area contributed by atoms with E-state index >= 15 is 0 Å². The predicted molar refractivity (Wildman–Crippen MR) is 79.0 cm³/mol. The first kappa shape index (κ1) is 14.7. The number of halogens is 1. The molecule has 2 aromatic rings. The largest absolute Gasteiger partial charge is 0.326 e. The second kappa shape index (κ2) is 6.61. The number of nitrogens with one attached hydrogen (secondary N) is 1. The van der Waals surface area contributed by atoms with Gasteiger partial charge in [0.15, 0.2) is 5.78 Å². The van der Waals surface area contributed by atoms with Gasteiger partial charge in [0.25, 0.3) is 0 Å². The maximum absolute atomic E-state index is 12.9. The smallest absolute Gasteiger partial charge is 0.221 e. The number of hydrogen-bond acceptors (Lipinski definition) is 2. The Labute approximate surface area is 122 Å². The highest BCUT2D eigenvalue weighted by Crippen LogP contribution is 2.13. The highest BCUT2D eigenvalue weighted by Gasteiger charge is 2.08. The topological polar surface area (TPSA) is 46.2 Å². The normalized spacial score (nSPS) is 11.0. The minimum atomic E-state index is -0.402. The fourth-order valence-corrected chi connectivity index (χ4v) is 1.83. The molecule has 1 N–H and O–H groups in total. The van der Waals surface area contributed by atoms with E-state index in [1.54, 1.807) is 12.1 Å². The zero-order valence-electron chi connectivity index (χ0n) is 11.5. The molecule has 21 heavy (non-hydrogen) atoms. The molecule has 0 heterocycles. The number of carbonyl (C=O) groups excluding carboxylic acids is 2. The number of benzene rings is 2. The Balaban J connectivity index is 2.34. The molecule has 0 bridgehead atoms. The van der Waals surface area contributed by atoms with Crippen molar-refractivity contribution in [3.05, 3.63) is 77.6 Å². The van der Waals surface area contributed by atoms with Gasteiger partial charge in [0.05, 0.1) is 5.70 Å². The average Bonchev–Trinajstić information content (AvgIpc) is 2.47. The molecule has 106 valence electrons. The van der Waals surface area contributed by atoms with E-state index in [1.807, 2.05) is 18.2 Å². The van der Waals surface area contributed by atoms with Crippen LogP contribution in [0.4, 0.5) is 4.39 Å². The zero-order chi connectivity index (χ0) is 15.2. The zero-order valence-corrected chi connectivity index (χ0v) is 11.5. The Kier molecular flexibility index (Phi) is 4.61. The molecule has 0 saturated carbocycles. The SMILES string of the molecule is CC(=O)N/C(=C\C(=O)c1ccc(F)cc1)c1ccccc1. The Morgan fingerprint density at radius 2 is 1.57 bits per heavy atom. The molecular weight excluding hydrogens is 269 g/mol. The van der Waals surface area contributed by atoms with Gasteiger partial charge in [0.1, 0.15) is 5.82 Å². The molecule has 2 aromatic carbocycles. The van der Waals surface area contributed by atoms with E-state index in [4.69, 9.17) is 0 Å². The molecule has 0 aliphatic rings. The lowest BCUT2D eigenvalue weighted by molar-refractivity contribution is -0.117. The number of hydrogen-bond donors (Lipinski definition) is 1. The van der Waals surface area contributed by atoms with Crippen LogP contribution in [0, 0.1) is 5.82 Å². The molecule has 0 saturated heterocycles. The van der Waals surface area contributed by atoms with Crippen molar-refractivity contribution in [1.82, 2.24) is 5.32 Å². The lowest BCUT2D eigenvalue weighted by Gasteiger charge is -2.08. The first-order valence-electron chi connectivity index (χ1n) is 6.41. The van der Waals surface area contributed by atoms with Gasteiger partial charge in [-0.2, -0.15) is 0 Å². The fraction of sp³-hybridized carbons (Fsp3) is 0.0588. The van der Waals surface area contributed by atoms with E-state index in [0.717, 1.165) is 5.56 Å². The standard InChI is InChI=1S/C17H14FNO2/c1-12(20)19-16(13-5-3-2-4-6-13)11-17(21)14-7-9-15(18)10-8-14/h2-11H,1H3,(H,19,20)/b16-11-. The third kappa shape index (κ3) is 4.11. The second-order valence-corrected chi connectivity index (χ2v) is 4.48. The summed E-state index contributed by atoms with van der Waals surface area (Å²) in [5, 5.41) is 2.64. The van der Waals surface area contributed by atoms with Crippen molar-refractivity contribution < 1.29 is 14.0 Å². The number of amides is 1. The van der Waals surface area contributed by atoms with Crippen LogP contribution in [0.3, 0.4) is 0 Å². The van der Waals surface area contributed by atoms with Gasteiger partial charge in [0.2, 0.25) is 5.91 Å². The Hall–Kier alpha value is -2.75. The summed E-state index contributed by atoms with van der Waals surface area (Å²) in [7, 11) is 0. The Bertz CT molecular complexity index is 676. The van der Waals surface area contributed by atoms with Gasteiger partial charge in [0, 0.05) is 18.6 Å². The lowest BCUT2D eigenvalue weighted by Crippen LogP contribution is -2.19. The van der Waals surface area contributed by atoms with Gasteiger partial charge in [-0.15, -0.1) is 0 Å². The van der Waals surface area contributed by atoms with Crippen LogP contribution in [0.2, 0.25) is 0 Å². The maximum atomic E-state index is 12.9. The van der Waals surface area contributed by atoms with Gasteiger partial charge in [-0.1, -0.05) is 30.3 Å². The first-order valence-corrected chi connectivity index (χ1v) is 6.41. The molecule has 2 rings (SSSR count). The monoisotopic (exact) mass is 283 g/mol. The van der Waals surface area contributed by atoms with Crippen LogP contribution < -0.4 is 5.32 Å². The van der Waals surface area contributed by atoms with Crippen molar-refractivity contribution in [3.63, 3.8) is 0 Å². The molecule has 4 heteroatoms. The molecule has 0 aliphatic heterocycles. The molecule has 0 spiro atoms. The predicted octanol–water partition coefficient (Wildman–Crippen LogP) is 3.19. The third-order valence-corrected chi connectivity index (χ3v) is 2.80. The maximum Gasteiger partial charge on any atom is 0.221 e. The van der Waals surface area contributed by atoms with Crippen LogP contribution in [-0.2, 0) is 4.79 Å². The van der Waals surface area contributed by atoms with E-state index in [1.165, 1.54) is 37.3 Å². The van der Waals surface area contributed by atoms with E-state index in [9.17, 15) is 14.0 Å². The Morgan fingerprint density at radius 1 is 0.952 bits per heavy atom. The molecule has 0 radical (unpaired) electrons. The summed E-state index contributed by atoms with van der Waals surface area (Å²) in [5.74, 6) is -0.972. The van der Waals surface area contributed by atoms with Gasteiger partial charge < -0.3 is 5.32 Å². The van der Waals surface area contributed by atoms with E-state index in [-0.39, 0.29) is 11.7 Å². The lowest BCUT2D eigenvalue weighted by atomic mass is 10.1. The average molecular weight is 283 g/mol. The van der Waals surface area contributed by atoms with Crippen LogP contribution >= 0.6 is 0 Å². The molecule has 0 atom stereocenters. The molecule has 3 nitrogen and oxygen atoms in total. The summed E-state index contributed by atoms with van der Waals surface area (Å²) >= 11 is 0. The summed E-state index contributed by atoms with van der Waals surface area (Å²) in [6, 6.07) is 14.3. The van der Waals surface area contributed by atoms with Gasteiger partial charge in [-0.05, 0) is 29.8 Å². The quantitative estimate of drug-likeness (QED) is 0.692. The van der Waals surface area contributed by atoms with Gasteiger partial charge in [-0.3, -0.25) is 9.59 Å². The molecule has 1 amide bonds. The second-order valence-electron chi connectivity index (χ2n) is 4.48. The molecule has 0 aromatic heterocycles. The van der Waals surface area contributed by atoms with Gasteiger partial charge in [-0.25, -0.2) is 4.39 Å². The summed E-state index contributed by atoms with van der Waals surface area (Å²) in [6.45, 7) is 1.37. The van der Waals surface area contributed by atoms with Crippen LogP contribution in [-0.4, -0.2) is 11.7 Å². The van der Waals surface area contributed by atoms with Crippen molar-refractivity contribution in [2.45, 2.75) is 6.92 Å². The highest BCUT2D eigenvalue weighted by atomic mass is 19.1. The van der Waals surface area contributed by atoms with Crippen molar-refractivity contribution in [3.8, 4) is 0 Å². The molecular formula is C17H14FNO2. The van der Waals surface area contributed by atoms with Crippen LogP contribution in [0.1, 0.15) is 22.8 Å². The first-order chi connectivity index (χ1) is 10.1. The molecule has 0 unspecified atom stereocenters. The van der Waals surface area contributed by atoms with E-state index in [2.05, 4.69) is 5.32 Å². The number of carbonyl (C=O) groups is 2. The third-order valence-electron chi connectivity index (χ3n) is 2.80. The fourth-order valence-electron chi connectivity index (χ4n) is 1.83. The van der Waals surface area contributed by atoms with Crippen LogP contribution in [0.5, 0.6) is 0 Å². The summed E-state index contributed by atoms with van der Waals surface area (Å²) < 4.78 is 12.9. The molecule has 0 fully saturated rings. The number of ketones is 1. The van der Waals surface area contributed by atoms with Crippen molar-refractivity contribution >= 4 is 17.4 Å². The highest BCUT2D eigenvalue weighted by molar-refractivity contribution is 6.09. The minimum Gasteiger partial charge on any atom is -0.326 e. The Morgan fingerprint density at radius 3 is 2.14 bits per heavy atom. The van der Waals surface area contributed by atoms with Crippen molar-refractivity contribution in [1.29, 1.82) is 0 Å². The van der Waals surface area contributed by atoms with Crippen molar-refractivity contribution in [2.75, 3.05) is 0 Å². The summed E-state index contributed by atoms with van der Waals surface area (Å²) in [5.41, 5.74) is 1.50. The van der Waals surface area contributed by atoms with Gasteiger partial charge >= 0.3 is 0 Å².